The maximum atomic E-state index is 13.3. The second-order valence-electron chi connectivity index (χ2n) is 9.75. The standard InChI is InChI=1S/C23H31F3N4O4/c1-22(2,3)34-21(33)29-16-9-8-13(23(24,25)26)12-14(16)19(31)28-17-10-11-30(20(17)32)18-7-5-4-6-15(18)27/h8-9,12,15,17-18H,4-7,10-11,27H2,1-3H3,(H,28,31)(H,29,33)/t15-,17-,18+/m0/s1. The number of nitrogens with one attached hydrogen (secondary N) is 2. The van der Waals surface area contributed by atoms with Gasteiger partial charge in [0.15, 0.2) is 0 Å². The summed E-state index contributed by atoms with van der Waals surface area (Å²) in [6.07, 6.45) is -1.74. The van der Waals surface area contributed by atoms with Crippen LogP contribution in [0.1, 0.15) is 68.8 Å². The molecule has 1 saturated carbocycles. The van der Waals surface area contributed by atoms with Gasteiger partial charge in [-0.3, -0.25) is 14.9 Å². The monoisotopic (exact) mass is 484 g/mol. The number of likely N-dealkylation sites (tertiary alicyclic amines) is 1. The zero-order valence-corrected chi connectivity index (χ0v) is 19.5. The predicted molar refractivity (Wildman–Crippen MR) is 119 cm³/mol. The predicted octanol–water partition coefficient (Wildman–Crippen LogP) is 3.65. The summed E-state index contributed by atoms with van der Waals surface area (Å²) in [5, 5.41) is 4.87. The molecule has 11 heteroatoms. The third kappa shape index (κ3) is 6.19. The van der Waals surface area contributed by atoms with Gasteiger partial charge in [-0.2, -0.15) is 13.2 Å². The van der Waals surface area contributed by atoms with Gasteiger partial charge in [0, 0.05) is 18.6 Å². The van der Waals surface area contributed by atoms with Gasteiger partial charge in [0.25, 0.3) is 5.91 Å². The van der Waals surface area contributed by atoms with E-state index in [-0.39, 0.29) is 23.7 Å². The Labute approximate surface area is 196 Å². The first-order valence-electron chi connectivity index (χ1n) is 11.3. The third-order valence-corrected chi connectivity index (χ3v) is 5.95. The first kappa shape index (κ1) is 25.8. The fraction of sp³-hybridized carbons (Fsp3) is 0.609. The Morgan fingerprint density at radius 3 is 2.41 bits per heavy atom. The van der Waals surface area contributed by atoms with E-state index in [1.54, 1.807) is 25.7 Å². The highest BCUT2D eigenvalue weighted by Crippen LogP contribution is 2.32. The van der Waals surface area contributed by atoms with Gasteiger partial charge in [0.2, 0.25) is 5.91 Å². The van der Waals surface area contributed by atoms with Gasteiger partial charge in [-0.1, -0.05) is 12.8 Å². The first-order chi connectivity index (χ1) is 15.8. The van der Waals surface area contributed by atoms with Crippen molar-refractivity contribution in [2.45, 2.75) is 82.8 Å². The summed E-state index contributed by atoms with van der Waals surface area (Å²) in [7, 11) is 0. The minimum Gasteiger partial charge on any atom is -0.444 e. The number of rotatable bonds is 4. The highest BCUT2D eigenvalue weighted by atomic mass is 19.4. The normalized spacial score (nSPS) is 23.6. The molecule has 0 radical (unpaired) electrons. The highest BCUT2D eigenvalue weighted by molar-refractivity contribution is 6.04. The number of alkyl halides is 3. The fourth-order valence-corrected chi connectivity index (χ4v) is 4.36. The quantitative estimate of drug-likeness (QED) is 0.604. The fourth-order valence-electron chi connectivity index (χ4n) is 4.36. The second-order valence-corrected chi connectivity index (χ2v) is 9.75. The van der Waals surface area contributed by atoms with Crippen molar-refractivity contribution in [2.24, 2.45) is 5.73 Å². The zero-order chi connectivity index (χ0) is 25.3. The summed E-state index contributed by atoms with van der Waals surface area (Å²) >= 11 is 0. The van der Waals surface area contributed by atoms with Crippen LogP contribution in [0.2, 0.25) is 0 Å². The van der Waals surface area contributed by atoms with Crippen LogP contribution in [-0.2, 0) is 15.7 Å². The molecule has 34 heavy (non-hydrogen) atoms. The number of hydrogen-bond donors (Lipinski definition) is 3. The molecule has 1 aromatic rings. The lowest BCUT2D eigenvalue weighted by molar-refractivity contribution is -0.137. The van der Waals surface area contributed by atoms with Gasteiger partial charge in [-0.15, -0.1) is 0 Å². The third-order valence-electron chi connectivity index (χ3n) is 5.95. The average molecular weight is 485 g/mol. The average Bonchev–Trinajstić information content (AvgIpc) is 3.06. The maximum Gasteiger partial charge on any atom is 0.416 e. The minimum atomic E-state index is -4.70. The van der Waals surface area contributed by atoms with Gasteiger partial charge in [-0.05, 0) is 58.2 Å². The molecular weight excluding hydrogens is 453 g/mol. The molecule has 1 aliphatic heterocycles. The molecule has 8 nitrogen and oxygen atoms in total. The first-order valence-corrected chi connectivity index (χ1v) is 11.3. The Kier molecular flexibility index (Phi) is 7.44. The van der Waals surface area contributed by atoms with Crippen molar-refractivity contribution >= 4 is 23.6 Å². The largest absolute Gasteiger partial charge is 0.444 e. The lowest BCUT2D eigenvalue weighted by atomic mass is 9.90. The molecule has 1 saturated heterocycles. The molecule has 1 heterocycles. The number of nitrogens with two attached hydrogens (primary N) is 1. The van der Waals surface area contributed by atoms with Crippen molar-refractivity contribution in [1.29, 1.82) is 0 Å². The molecular formula is C23H31F3N4O4. The molecule has 1 aliphatic carbocycles. The molecule has 0 spiro atoms. The van der Waals surface area contributed by atoms with Crippen molar-refractivity contribution in [3.63, 3.8) is 0 Å². The van der Waals surface area contributed by atoms with Crippen molar-refractivity contribution in [3.8, 4) is 0 Å². The summed E-state index contributed by atoms with van der Waals surface area (Å²) in [5.41, 5.74) is 3.71. The van der Waals surface area contributed by atoms with E-state index >= 15 is 0 Å². The zero-order valence-electron chi connectivity index (χ0n) is 19.5. The van der Waals surface area contributed by atoms with Crippen LogP contribution in [0, 0.1) is 0 Å². The van der Waals surface area contributed by atoms with Crippen LogP contribution in [0.3, 0.4) is 0 Å². The Morgan fingerprint density at radius 1 is 1.12 bits per heavy atom. The summed E-state index contributed by atoms with van der Waals surface area (Å²) in [4.78, 5) is 39.8. The van der Waals surface area contributed by atoms with Gasteiger partial charge in [0.05, 0.1) is 16.8 Å². The number of carbonyl (C=O) groups excluding carboxylic acids is 3. The van der Waals surface area contributed by atoms with Gasteiger partial charge < -0.3 is 20.7 Å². The number of anilines is 1. The molecule has 3 rings (SSSR count). The number of carbonyl (C=O) groups is 3. The van der Waals surface area contributed by atoms with E-state index in [1.807, 2.05) is 0 Å². The van der Waals surface area contributed by atoms with E-state index < -0.39 is 40.9 Å². The van der Waals surface area contributed by atoms with Crippen molar-refractivity contribution in [2.75, 3.05) is 11.9 Å². The van der Waals surface area contributed by atoms with Gasteiger partial charge >= 0.3 is 12.3 Å². The molecule has 3 atom stereocenters. The van der Waals surface area contributed by atoms with Crippen LogP contribution in [0.15, 0.2) is 18.2 Å². The summed E-state index contributed by atoms with van der Waals surface area (Å²) in [5.74, 6) is -1.20. The van der Waals surface area contributed by atoms with Crippen molar-refractivity contribution in [1.82, 2.24) is 10.2 Å². The van der Waals surface area contributed by atoms with E-state index in [2.05, 4.69) is 10.6 Å². The van der Waals surface area contributed by atoms with Crippen LogP contribution in [0.4, 0.5) is 23.7 Å². The van der Waals surface area contributed by atoms with E-state index in [0.29, 0.717) is 19.0 Å². The Morgan fingerprint density at radius 2 is 1.79 bits per heavy atom. The number of ether oxygens (including phenoxy) is 1. The molecule has 3 amide bonds. The summed E-state index contributed by atoms with van der Waals surface area (Å²) in [6, 6.07) is 1.27. The Balaban J connectivity index is 1.79. The molecule has 0 unspecified atom stereocenters. The van der Waals surface area contributed by atoms with Crippen LogP contribution in [0.5, 0.6) is 0 Å². The minimum absolute atomic E-state index is 0.110. The second kappa shape index (κ2) is 9.81. The van der Waals surface area contributed by atoms with Crippen LogP contribution >= 0.6 is 0 Å². The number of amides is 3. The molecule has 1 aromatic carbocycles. The van der Waals surface area contributed by atoms with E-state index in [0.717, 1.165) is 37.8 Å². The van der Waals surface area contributed by atoms with Crippen molar-refractivity contribution < 1.29 is 32.3 Å². The Hall–Kier alpha value is -2.82. The number of benzene rings is 1. The summed E-state index contributed by atoms with van der Waals surface area (Å²) in [6.45, 7) is 5.29. The van der Waals surface area contributed by atoms with Crippen LogP contribution in [-0.4, -0.2) is 53.1 Å². The molecule has 2 aliphatic rings. The SMILES string of the molecule is CC(C)(C)OC(=O)Nc1ccc(C(F)(F)F)cc1C(=O)N[C@H]1CCN([C@@H]2CCCC[C@@H]2N)C1=O. The lowest BCUT2D eigenvalue weighted by Gasteiger charge is -2.36. The van der Waals surface area contributed by atoms with E-state index in [9.17, 15) is 27.6 Å². The van der Waals surface area contributed by atoms with Crippen LogP contribution < -0.4 is 16.4 Å². The maximum absolute atomic E-state index is 13.3. The molecule has 0 bridgehead atoms. The topological polar surface area (TPSA) is 114 Å². The molecule has 2 fully saturated rings. The molecule has 0 aromatic heterocycles. The molecule has 4 N–H and O–H groups in total. The Bertz CT molecular complexity index is 945. The number of nitrogens with zero attached hydrogens (tertiary/aromatic N) is 1. The van der Waals surface area contributed by atoms with Gasteiger partial charge in [-0.25, -0.2) is 4.79 Å². The van der Waals surface area contributed by atoms with Crippen molar-refractivity contribution in [3.05, 3.63) is 29.3 Å². The van der Waals surface area contributed by atoms with E-state index in [1.165, 1.54) is 0 Å². The van der Waals surface area contributed by atoms with Crippen LogP contribution in [0.25, 0.3) is 0 Å². The summed E-state index contributed by atoms with van der Waals surface area (Å²) < 4.78 is 45.0. The smallest absolute Gasteiger partial charge is 0.416 e. The molecule has 188 valence electrons. The van der Waals surface area contributed by atoms with E-state index in [4.69, 9.17) is 10.5 Å². The number of halogens is 3. The highest BCUT2D eigenvalue weighted by Gasteiger charge is 2.40. The number of hydrogen-bond acceptors (Lipinski definition) is 5. The lowest BCUT2D eigenvalue weighted by Crippen LogP contribution is -2.52. The van der Waals surface area contributed by atoms with Gasteiger partial charge in [0.1, 0.15) is 11.6 Å².